The summed E-state index contributed by atoms with van der Waals surface area (Å²) < 4.78 is 23.1. The summed E-state index contributed by atoms with van der Waals surface area (Å²) in [4.78, 5) is 10.6. The molecule has 0 radical (unpaired) electrons. The van der Waals surface area contributed by atoms with E-state index in [0.29, 0.717) is 0 Å². The van der Waals surface area contributed by atoms with Crippen LogP contribution < -0.4 is 11.5 Å². The first-order valence-corrected chi connectivity index (χ1v) is 6.94. The quantitative estimate of drug-likeness (QED) is 0.767. The topological polar surface area (TPSA) is 103 Å². The predicted octanol–water partition coefficient (Wildman–Crippen LogP) is -0.105. The molecule has 5 nitrogen and oxygen atoms in total. The van der Waals surface area contributed by atoms with E-state index in [4.69, 9.17) is 11.5 Å². The zero-order valence-electron chi connectivity index (χ0n) is 9.59. The number of hydrogen-bond donors (Lipinski definition) is 2. The maximum Gasteiger partial charge on any atom is 0.232 e. The van der Waals surface area contributed by atoms with E-state index in [9.17, 15) is 13.2 Å². The number of nitrogens with two attached hydrogens (primary N) is 2. The van der Waals surface area contributed by atoms with Crippen LogP contribution >= 0.6 is 0 Å². The van der Waals surface area contributed by atoms with Crippen molar-refractivity contribution in [3.63, 3.8) is 0 Å². The van der Waals surface area contributed by atoms with Crippen molar-refractivity contribution in [2.45, 2.75) is 13.0 Å². The third-order valence-electron chi connectivity index (χ3n) is 2.38. The van der Waals surface area contributed by atoms with Gasteiger partial charge in [-0.3, -0.25) is 4.79 Å². The van der Waals surface area contributed by atoms with Crippen molar-refractivity contribution in [2.24, 2.45) is 11.5 Å². The lowest BCUT2D eigenvalue weighted by molar-refractivity contribution is -0.115. The smallest absolute Gasteiger partial charge is 0.232 e. The van der Waals surface area contributed by atoms with Crippen LogP contribution in [0.3, 0.4) is 0 Å². The second-order valence-electron chi connectivity index (χ2n) is 3.98. The lowest BCUT2D eigenvalue weighted by atomic mass is 10.0. The number of benzene rings is 1. The summed E-state index contributed by atoms with van der Waals surface area (Å²) in [5.41, 5.74) is 12.4. The number of aryl methyl sites for hydroxylation is 1. The van der Waals surface area contributed by atoms with Crippen LogP contribution in [0.1, 0.15) is 17.2 Å². The second kappa shape index (κ2) is 5.29. The summed E-state index contributed by atoms with van der Waals surface area (Å²) in [7, 11) is -3.54. The van der Waals surface area contributed by atoms with E-state index in [2.05, 4.69) is 0 Å². The molecule has 17 heavy (non-hydrogen) atoms. The van der Waals surface area contributed by atoms with Gasteiger partial charge in [-0.1, -0.05) is 24.3 Å². The molecule has 0 saturated heterocycles. The molecule has 0 aliphatic carbocycles. The summed E-state index contributed by atoms with van der Waals surface area (Å²) in [6.07, 6.45) is 0. The Labute approximate surface area is 101 Å². The highest BCUT2D eigenvalue weighted by Crippen LogP contribution is 2.16. The summed E-state index contributed by atoms with van der Waals surface area (Å²) in [5.74, 6) is -1.80. The summed E-state index contributed by atoms with van der Waals surface area (Å²) >= 11 is 0. The van der Waals surface area contributed by atoms with Gasteiger partial charge in [0.25, 0.3) is 0 Å². The lowest BCUT2D eigenvalue weighted by Crippen LogP contribution is -2.30. The highest BCUT2D eigenvalue weighted by molar-refractivity contribution is 7.92. The van der Waals surface area contributed by atoms with Crippen molar-refractivity contribution in [3.05, 3.63) is 35.4 Å². The first kappa shape index (κ1) is 13.7. The maximum atomic E-state index is 11.6. The second-order valence-corrected chi connectivity index (χ2v) is 6.09. The normalized spacial score (nSPS) is 13.3. The minimum Gasteiger partial charge on any atom is -0.369 e. The standard InChI is InChI=1S/C11H16N2O3S/c1-8-4-2-3-5-9(8)10(12)6-17(15,16)7-11(13)14/h2-5,10H,6-7,12H2,1H3,(H2,13,14). The van der Waals surface area contributed by atoms with Crippen LogP contribution in [0, 0.1) is 6.92 Å². The molecule has 0 aliphatic rings. The van der Waals surface area contributed by atoms with E-state index in [1.54, 1.807) is 12.1 Å². The Morgan fingerprint density at radius 3 is 2.47 bits per heavy atom. The van der Waals surface area contributed by atoms with Crippen molar-refractivity contribution in [1.29, 1.82) is 0 Å². The van der Waals surface area contributed by atoms with Gasteiger partial charge in [-0.25, -0.2) is 8.42 Å². The van der Waals surface area contributed by atoms with E-state index in [1.165, 1.54) is 0 Å². The number of primary amides is 1. The number of amides is 1. The molecule has 1 unspecified atom stereocenters. The molecule has 0 heterocycles. The molecule has 1 atom stereocenters. The third kappa shape index (κ3) is 4.16. The Hall–Kier alpha value is -1.40. The Morgan fingerprint density at radius 1 is 1.35 bits per heavy atom. The Bertz CT molecular complexity index is 511. The molecule has 1 aromatic carbocycles. The Morgan fingerprint density at radius 2 is 1.94 bits per heavy atom. The third-order valence-corrected chi connectivity index (χ3v) is 3.97. The van der Waals surface area contributed by atoms with Gasteiger partial charge in [0.1, 0.15) is 5.75 Å². The zero-order valence-corrected chi connectivity index (χ0v) is 10.4. The van der Waals surface area contributed by atoms with E-state index >= 15 is 0 Å². The predicted molar refractivity (Wildman–Crippen MR) is 66.0 cm³/mol. The van der Waals surface area contributed by atoms with Crippen molar-refractivity contribution >= 4 is 15.7 Å². The molecule has 1 amide bonds. The highest BCUT2D eigenvalue weighted by Gasteiger charge is 2.20. The molecule has 0 spiro atoms. The Balaban J connectivity index is 2.83. The van der Waals surface area contributed by atoms with Gasteiger partial charge in [0.05, 0.1) is 5.75 Å². The minimum absolute atomic E-state index is 0.277. The van der Waals surface area contributed by atoms with Gasteiger partial charge in [0.2, 0.25) is 5.91 Å². The number of hydrogen-bond acceptors (Lipinski definition) is 4. The largest absolute Gasteiger partial charge is 0.369 e. The number of sulfone groups is 1. The minimum atomic E-state index is -3.54. The van der Waals surface area contributed by atoms with Gasteiger partial charge in [0.15, 0.2) is 9.84 Å². The monoisotopic (exact) mass is 256 g/mol. The molecular formula is C11H16N2O3S. The number of carbonyl (C=O) groups is 1. The number of carbonyl (C=O) groups excluding carboxylic acids is 1. The van der Waals surface area contributed by atoms with Crippen molar-refractivity contribution in [1.82, 2.24) is 0 Å². The van der Waals surface area contributed by atoms with Gasteiger partial charge >= 0.3 is 0 Å². The molecule has 1 aromatic rings. The van der Waals surface area contributed by atoms with Gasteiger partial charge < -0.3 is 11.5 Å². The molecule has 0 bridgehead atoms. The molecule has 0 saturated carbocycles. The number of rotatable bonds is 5. The first-order valence-electron chi connectivity index (χ1n) is 5.11. The van der Waals surface area contributed by atoms with Crippen molar-refractivity contribution < 1.29 is 13.2 Å². The van der Waals surface area contributed by atoms with E-state index in [0.717, 1.165) is 11.1 Å². The molecule has 6 heteroatoms. The molecule has 94 valence electrons. The van der Waals surface area contributed by atoms with Crippen molar-refractivity contribution in [3.8, 4) is 0 Å². The summed E-state index contributed by atoms with van der Waals surface area (Å²) in [6, 6.07) is 6.64. The van der Waals surface area contributed by atoms with Crippen LogP contribution in [0.25, 0.3) is 0 Å². The molecule has 0 fully saturated rings. The van der Waals surface area contributed by atoms with Crippen LogP contribution in [-0.4, -0.2) is 25.8 Å². The summed E-state index contributed by atoms with van der Waals surface area (Å²) in [6.45, 7) is 1.86. The average Bonchev–Trinajstić information content (AvgIpc) is 2.14. The van der Waals surface area contributed by atoms with Crippen molar-refractivity contribution in [2.75, 3.05) is 11.5 Å². The SMILES string of the molecule is Cc1ccccc1C(N)CS(=O)(=O)CC(N)=O. The van der Waals surface area contributed by atoms with Crippen LogP contribution in [0.5, 0.6) is 0 Å². The molecule has 4 N–H and O–H groups in total. The fourth-order valence-corrected chi connectivity index (χ4v) is 2.92. The lowest BCUT2D eigenvalue weighted by Gasteiger charge is -2.14. The average molecular weight is 256 g/mol. The highest BCUT2D eigenvalue weighted by atomic mass is 32.2. The fraction of sp³-hybridized carbons (Fsp3) is 0.364. The summed E-state index contributed by atoms with van der Waals surface area (Å²) in [5, 5.41) is 0. The molecular weight excluding hydrogens is 240 g/mol. The van der Waals surface area contributed by atoms with Crippen LogP contribution in [0.2, 0.25) is 0 Å². The molecule has 1 rings (SSSR count). The van der Waals surface area contributed by atoms with Gasteiger partial charge in [-0.15, -0.1) is 0 Å². The van der Waals surface area contributed by atoms with Gasteiger partial charge in [0, 0.05) is 6.04 Å². The van der Waals surface area contributed by atoms with E-state index < -0.39 is 27.5 Å². The molecule has 0 aliphatic heterocycles. The maximum absolute atomic E-state index is 11.6. The zero-order chi connectivity index (χ0) is 13.1. The molecule has 0 aromatic heterocycles. The van der Waals surface area contributed by atoms with Crippen LogP contribution in [0.15, 0.2) is 24.3 Å². The Kier molecular flexibility index (Phi) is 4.25. The van der Waals surface area contributed by atoms with Gasteiger partial charge in [-0.05, 0) is 18.1 Å². The van der Waals surface area contributed by atoms with Crippen LogP contribution in [0.4, 0.5) is 0 Å². The van der Waals surface area contributed by atoms with E-state index in [1.807, 2.05) is 19.1 Å². The van der Waals surface area contributed by atoms with Crippen LogP contribution in [-0.2, 0) is 14.6 Å². The van der Waals surface area contributed by atoms with Gasteiger partial charge in [-0.2, -0.15) is 0 Å². The fourth-order valence-electron chi connectivity index (χ4n) is 1.64. The first-order chi connectivity index (χ1) is 7.82. The van der Waals surface area contributed by atoms with E-state index in [-0.39, 0.29) is 5.75 Å².